The van der Waals surface area contributed by atoms with Crippen LogP contribution in [-0.2, 0) is 25.9 Å². The molecule has 3 heterocycles. The molecule has 1 aliphatic carbocycles. The van der Waals surface area contributed by atoms with Crippen LogP contribution >= 0.6 is 11.3 Å². The normalized spacial score (nSPS) is 17.9. The molecule has 2 N–H and O–H groups in total. The third-order valence-electron chi connectivity index (χ3n) is 5.88. The van der Waals surface area contributed by atoms with Crippen molar-refractivity contribution in [2.24, 2.45) is 5.92 Å². The topological polar surface area (TPSA) is 57.3 Å². The third-order valence-corrected chi connectivity index (χ3v) is 7.12. The van der Waals surface area contributed by atoms with E-state index in [0.717, 1.165) is 39.0 Å². The highest BCUT2D eigenvalue weighted by molar-refractivity contribution is 7.12. The van der Waals surface area contributed by atoms with E-state index in [2.05, 4.69) is 38.7 Å². The summed E-state index contributed by atoms with van der Waals surface area (Å²) in [6.45, 7) is 4.60. The second-order valence-electron chi connectivity index (χ2n) is 8.01. The highest BCUT2D eigenvalue weighted by Gasteiger charge is 2.20. The molecule has 0 saturated carbocycles. The molecule has 0 bridgehead atoms. The van der Waals surface area contributed by atoms with Gasteiger partial charge in [-0.15, -0.1) is 11.3 Å². The monoisotopic (exact) mass is 398 g/mol. The number of pyridine rings is 1. The van der Waals surface area contributed by atoms with Gasteiger partial charge in [0.25, 0.3) is 0 Å². The Morgan fingerprint density at radius 1 is 1.14 bits per heavy atom. The molecule has 0 unspecified atom stereocenters. The van der Waals surface area contributed by atoms with E-state index in [1.54, 1.807) is 0 Å². The molecule has 6 heteroatoms. The molecule has 0 radical (unpaired) electrons. The van der Waals surface area contributed by atoms with Crippen LogP contribution in [0.15, 0.2) is 30.6 Å². The molecule has 150 valence electrons. The van der Waals surface area contributed by atoms with Crippen molar-refractivity contribution in [2.45, 2.75) is 51.6 Å². The van der Waals surface area contributed by atoms with Gasteiger partial charge in [-0.1, -0.05) is 0 Å². The standard InChI is InChI=1S/C22H30N4OS/c27-22(25-15-20-13-19-3-1-2-4-21(19)28-20)24-14-17-7-11-26(12-8-17)16-18-5-9-23-10-6-18/h5-6,9-10,13,17H,1-4,7-8,11-12,14-16H2,(H2,24,25,27). The van der Waals surface area contributed by atoms with Crippen molar-refractivity contribution < 1.29 is 4.79 Å². The summed E-state index contributed by atoms with van der Waals surface area (Å²) in [5.41, 5.74) is 2.83. The summed E-state index contributed by atoms with van der Waals surface area (Å²) >= 11 is 1.87. The van der Waals surface area contributed by atoms with Gasteiger partial charge in [0.05, 0.1) is 6.54 Å². The second-order valence-corrected chi connectivity index (χ2v) is 9.23. The van der Waals surface area contributed by atoms with Crippen molar-refractivity contribution >= 4 is 17.4 Å². The summed E-state index contributed by atoms with van der Waals surface area (Å²) in [6, 6.07) is 6.42. The minimum Gasteiger partial charge on any atom is -0.338 e. The van der Waals surface area contributed by atoms with Gasteiger partial charge in [-0.3, -0.25) is 9.88 Å². The molecule has 1 saturated heterocycles. The lowest BCUT2D eigenvalue weighted by molar-refractivity contribution is 0.175. The number of hydrogen-bond donors (Lipinski definition) is 2. The van der Waals surface area contributed by atoms with Crippen LogP contribution in [0.5, 0.6) is 0 Å². The van der Waals surface area contributed by atoms with E-state index in [1.165, 1.54) is 46.6 Å². The van der Waals surface area contributed by atoms with Crippen molar-refractivity contribution in [2.75, 3.05) is 19.6 Å². The Bertz CT molecular complexity index is 745. The maximum Gasteiger partial charge on any atom is 0.315 e. The number of carbonyl (C=O) groups is 1. The van der Waals surface area contributed by atoms with Crippen LogP contribution in [0.3, 0.4) is 0 Å². The SMILES string of the molecule is O=C(NCc1cc2c(s1)CCCC2)NCC1CCN(Cc2ccncc2)CC1. The number of aromatic nitrogens is 1. The molecule has 2 aromatic rings. The molecule has 4 rings (SSSR count). The van der Waals surface area contributed by atoms with Gasteiger partial charge < -0.3 is 10.6 Å². The number of nitrogens with one attached hydrogen (secondary N) is 2. The van der Waals surface area contributed by atoms with Gasteiger partial charge >= 0.3 is 6.03 Å². The van der Waals surface area contributed by atoms with Crippen LogP contribution < -0.4 is 10.6 Å². The number of likely N-dealkylation sites (tertiary alicyclic amines) is 1. The Hall–Kier alpha value is -1.92. The summed E-state index contributed by atoms with van der Waals surface area (Å²) in [5.74, 6) is 0.577. The summed E-state index contributed by atoms with van der Waals surface area (Å²) < 4.78 is 0. The second kappa shape index (κ2) is 9.52. The van der Waals surface area contributed by atoms with Crippen molar-refractivity contribution in [3.63, 3.8) is 0 Å². The van der Waals surface area contributed by atoms with E-state index >= 15 is 0 Å². The average Bonchev–Trinajstić information content (AvgIpc) is 3.15. The number of urea groups is 1. The summed E-state index contributed by atoms with van der Waals surface area (Å²) in [5, 5.41) is 6.11. The Balaban J connectivity index is 1.13. The largest absolute Gasteiger partial charge is 0.338 e. The first-order chi connectivity index (χ1) is 13.8. The van der Waals surface area contributed by atoms with E-state index in [4.69, 9.17) is 0 Å². The zero-order chi connectivity index (χ0) is 19.2. The fraction of sp³-hybridized carbons (Fsp3) is 0.545. The van der Waals surface area contributed by atoms with E-state index in [0.29, 0.717) is 12.5 Å². The first kappa shape index (κ1) is 19.4. The van der Waals surface area contributed by atoms with Crippen LogP contribution in [0.1, 0.15) is 46.6 Å². The first-order valence-electron chi connectivity index (χ1n) is 10.5. The van der Waals surface area contributed by atoms with Crippen LogP contribution in [0.2, 0.25) is 0 Å². The Kier molecular flexibility index (Phi) is 6.60. The number of aryl methyl sites for hydroxylation is 2. The summed E-state index contributed by atoms with van der Waals surface area (Å²) in [7, 11) is 0. The first-order valence-corrected chi connectivity index (χ1v) is 11.3. The Morgan fingerprint density at radius 2 is 1.93 bits per heavy atom. The summed E-state index contributed by atoms with van der Waals surface area (Å²) in [4.78, 5) is 21.6. The van der Waals surface area contributed by atoms with Crippen molar-refractivity contribution in [3.05, 3.63) is 51.5 Å². The predicted octanol–water partition coefficient (Wildman–Crippen LogP) is 3.73. The quantitative estimate of drug-likeness (QED) is 0.779. The highest BCUT2D eigenvalue weighted by Crippen LogP contribution is 2.29. The zero-order valence-electron chi connectivity index (χ0n) is 16.5. The molecule has 2 aliphatic rings. The van der Waals surface area contributed by atoms with Crippen LogP contribution in [0, 0.1) is 5.92 Å². The molecular formula is C22H30N4OS. The number of piperidine rings is 1. The minimum absolute atomic E-state index is 0.0365. The highest BCUT2D eigenvalue weighted by atomic mass is 32.1. The lowest BCUT2D eigenvalue weighted by Crippen LogP contribution is -2.41. The molecule has 0 aromatic carbocycles. The number of carbonyl (C=O) groups excluding carboxylic acids is 1. The van der Waals surface area contributed by atoms with Gasteiger partial charge in [0.15, 0.2) is 0 Å². The Morgan fingerprint density at radius 3 is 2.71 bits per heavy atom. The molecule has 5 nitrogen and oxygen atoms in total. The van der Waals surface area contributed by atoms with Crippen molar-refractivity contribution in [1.82, 2.24) is 20.5 Å². The number of hydrogen-bond acceptors (Lipinski definition) is 4. The van der Waals surface area contributed by atoms with Gasteiger partial charge in [0.2, 0.25) is 0 Å². The minimum atomic E-state index is -0.0365. The van der Waals surface area contributed by atoms with E-state index in [-0.39, 0.29) is 6.03 Å². The lowest BCUT2D eigenvalue weighted by Gasteiger charge is -2.32. The lowest BCUT2D eigenvalue weighted by atomic mass is 9.96. The van der Waals surface area contributed by atoms with Gasteiger partial charge in [-0.2, -0.15) is 0 Å². The van der Waals surface area contributed by atoms with E-state index in [9.17, 15) is 4.79 Å². The van der Waals surface area contributed by atoms with Crippen LogP contribution in [0.4, 0.5) is 4.79 Å². The molecule has 2 aromatic heterocycles. The van der Waals surface area contributed by atoms with Gasteiger partial charge in [-0.05, 0) is 86.9 Å². The van der Waals surface area contributed by atoms with Gasteiger partial charge in [0, 0.05) is 35.2 Å². The van der Waals surface area contributed by atoms with Gasteiger partial charge in [0.1, 0.15) is 0 Å². The molecule has 28 heavy (non-hydrogen) atoms. The fourth-order valence-electron chi connectivity index (χ4n) is 4.20. The number of fused-ring (bicyclic) bond motifs is 1. The molecular weight excluding hydrogens is 368 g/mol. The maximum atomic E-state index is 12.2. The average molecular weight is 399 g/mol. The molecule has 2 amide bonds. The smallest absolute Gasteiger partial charge is 0.315 e. The molecule has 1 fully saturated rings. The van der Waals surface area contributed by atoms with Gasteiger partial charge in [-0.25, -0.2) is 4.79 Å². The maximum absolute atomic E-state index is 12.2. The molecule has 0 spiro atoms. The van der Waals surface area contributed by atoms with E-state index < -0.39 is 0 Å². The zero-order valence-corrected chi connectivity index (χ0v) is 17.3. The fourth-order valence-corrected chi connectivity index (χ4v) is 5.40. The van der Waals surface area contributed by atoms with E-state index in [1.807, 2.05) is 23.7 Å². The third kappa shape index (κ3) is 5.32. The van der Waals surface area contributed by atoms with Crippen LogP contribution in [-0.4, -0.2) is 35.5 Å². The molecule has 0 atom stereocenters. The number of thiophene rings is 1. The predicted molar refractivity (Wildman–Crippen MR) is 113 cm³/mol. The van der Waals surface area contributed by atoms with Crippen LogP contribution in [0.25, 0.3) is 0 Å². The molecule has 1 aliphatic heterocycles. The number of amides is 2. The van der Waals surface area contributed by atoms with Crippen molar-refractivity contribution in [3.8, 4) is 0 Å². The Labute approximate surface area is 171 Å². The van der Waals surface area contributed by atoms with Crippen molar-refractivity contribution in [1.29, 1.82) is 0 Å². The summed E-state index contributed by atoms with van der Waals surface area (Å²) in [6.07, 6.45) is 11.0. The number of nitrogens with zero attached hydrogens (tertiary/aromatic N) is 2. The number of rotatable bonds is 6.